The first-order valence-corrected chi connectivity index (χ1v) is 9.00. The lowest BCUT2D eigenvalue weighted by Gasteiger charge is -2.59. The lowest BCUT2D eigenvalue weighted by molar-refractivity contribution is -0.0994. The highest BCUT2D eigenvalue weighted by atomic mass is 16.3. The highest BCUT2D eigenvalue weighted by Crippen LogP contribution is 2.65. The predicted octanol–water partition coefficient (Wildman–Crippen LogP) is 3.53. The smallest absolute Gasteiger partial charge is 0.0724 e. The second-order valence-electron chi connectivity index (χ2n) is 8.82. The van der Waals surface area contributed by atoms with Gasteiger partial charge in [0, 0.05) is 0 Å². The zero-order chi connectivity index (χ0) is 14.8. The lowest BCUT2D eigenvalue weighted by atomic mass is 9.46. The lowest BCUT2D eigenvalue weighted by Crippen LogP contribution is -2.53. The molecule has 2 nitrogen and oxygen atoms in total. The Morgan fingerprint density at radius 3 is 2.57 bits per heavy atom. The Morgan fingerprint density at radius 2 is 1.76 bits per heavy atom. The van der Waals surface area contributed by atoms with Gasteiger partial charge in [0.05, 0.1) is 12.2 Å². The van der Waals surface area contributed by atoms with Crippen molar-refractivity contribution in [1.82, 2.24) is 0 Å². The van der Waals surface area contributed by atoms with Crippen LogP contribution < -0.4 is 0 Å². The molecule has 0 aliphatic heterocycles. The Morgan fingerprint density at radius 1 is 0.952 bits per heavy atom. The molecular weight excluding hydrogens is 260 g/mol. The molecule has 8 atom stereocenters. The minimum Gasteiger partial charge on any atom is -0.393 e. The number of hydrogen-bond acceptors (Lipinski definition) is 2. The summed E-state index contributed by atoms with van der Waals surface area (Å²) >= 11 is 0. The molecule has 2 N–H and O–H groups in total. The summed E-state index contributed by atoms with van der Waals surface area (Å²) in [6.45, 7) is 4.80. The van der Waals surface area contributed by atoms with Crippen LogP contribution >= 0.6 is 0 Å². The SMILES string of the molecule is C[C@]12CC[C@H]3[C@@H](CCC4C[C@@H](O)C=C[C@@]43C)[C@@H]1CC[C@@H]2O. The molecule has 3 fully saturated rings. The van der Waals surface area contributed by atoms with Gasteiger partial charge >= 0.3 is 0 Å². The van der Waals surface area contributed by atoms with Crippen LogP contribution in [0.2, 0.25) is 0 Å². The number of allylic oxidation sites excluding steroid dienone is 1. The molecule has 4 rings (SSSR count). The Hall–Kier alpha value is -0.340. The van der Waals surface area contributed by atoms with Crippen molar-refractivity contribution in [2.45, 2.75) is 71.0 Å². The van der Waals surface area contributed by atoms with E-state index >= 15 is 0 Å². The fourth-order valence-electron chi connectivity index (χ4n) is 6.76. The summed E-state index contributed by atoms with van der Waals surface area (Å²) in [7, 11) is 0. The van der Waals surface area contributed by atoms with E-state index in [-0.39, 0.29) is 23.0 Å². The summed E-state index contributed by atoms with van der Waals surface area (Å²) in [6, 6.07) is 0. The number of aliphatic hydroxyl groups excluding tert-OH is 2. The molecule has 4 aliphatic rings. The normalized spacial score (nSPS) is 59.2. The van der Waals surface area contributed by atoms with E-state index in [1.807, 2.05) is 0 Å². The molecule has 0 radical (unpaired) electrons. The Labute approximate surface area is 128 Å². The number of fused-ring (bicyclic) bond motifs is 5. The van der Waals surface area contributed by atoms with E-state index in [9.17, 15) is 10.2 Å². The summed E-state index contributed by atoms with van der Waals surface area (Å²) in [5, 5.41) is 20.4. The average Bonchev–Trinajstić information content (AvgIpc) is 2.76. The van der Waals surface area contributed by atoms with E-state index < -0.39 is 0 Å². The molecule has 21 heavy (non-hydrogen) atoms. The summed E-state index contributed by atoms with van der Waals surface area (Å²) in [6.07, 6.45) is 12.4. The molecule has 0 aromatic heterocycles. The van der Waals surface area contributed by atoms with E-state index in [1.54, 1.807) is 0 Å². The first kappa shape index (κ1) is 14.3. The molecule has 0 amide bonds. The Bertz CT molecular complexity index is 458. The second-order valence-corrected chi connectivity index (χ2v) is 8.82. The summed E-state index contributed by atoms with van der Waals surface area (Å²) < 4.78 is 0. The quantitative estimate of drug-likeness (QED) is 0.670. The van der Waals surface area contributed by atoms with Gasteiger partial charge < -0.3 is 10.2 Å². The van der Waals surface area contributed by atoms with Crippen molar-refractivity contribution in [3.63, 3.8) is 0 Å². The minimum absolute atomic E-state index is 0.0716. The van der Waals surface area contributed by atoms with Gasteiger partial charge in [-0.05, 0) is 79.4 Å². The first-order valence-electron chi connectivity index (χ1n) is 9.00. The summed E-state index contributed by atoms with van der Waals surface area (Å²) in [5.41, 5.74) is 0.472. The summed E-state index contributed by atoms with van der Waals surface area (Å²) in [4.78, 5) is 0. The zero-order valence-electron chi connectivity index (χ0n) is 13.5. The van der Waals surface area contributed by atoms with Gasteiger partial charge in [-0.1, -0.05) is 26.0 Å². The van der Waals surface area contributed by atoms with Crippen molar-refractivity contribution in [2.75, 3.05) is 0 Å². The van der Waals surface area contributed by atoms with Crippen LogP contribution in [0.15, 0.2) is 12.2 Å². The molecule has 0 bridgehead atoms. The van der Waals surface area contributed by atoms with Crippen molar-refractivity contribution < 1.29 is 10.2 Å². The molecule has 0 aromatic rings. The van der Waals surface area contributed by atoms with Crippen LogP contribution in [-0.2, 0) is 0 Å². The third-order valence-corrected chi connectivity index (χ3v) is 8.12. The van der Waals surface area contributed by atoms with Crippen molar-refractivity contribution >= 4 is 0 Å². The molecule has 3 saturated carbocycles. The Balaban J connectivity index is 1.67. The largest absolute Gasteiger partial charge is 0.393 e. The van der Waals surface area contributed by atoms with E-state index in [0.29, 0.717) is 5.92 Å². The fourth-order valence-corrected chi connectivity index (χ4v) is 6.76. The van der Waals surface area contributed by atoms with E-state index in [1.165, 1.54) is 32.1 Å². The molecule has 0 aromatic carbocycles. The van der Waals surface area contributed by atoms with Gasteiger partial charge in [0.1, 0.15) is 0 Å². The predicted molar refractivity (Wildman–Crippen MR) is 83.6 cm³/mol. The molecule has 118 valence electrons. The van der Waals surface area contributed by atoms with Gasteiger partial charge in [-0.3, -0.25) is 0 Å². The summed E-state index contributed by atoms with van der Waals surface area (Å²) in [5.74, 6) is 2.95. The van der Waals surface area contributed by atoms with E-state index in [0.717, 1.165) is 30.6 Å². The average molecular weight is 290 g/mol. The maximum atomic E-state index is 10.5. The molecule has 1 unspecified atom stereocenters. The number of aliphatic hydroxyl groups is 2. The van der Waals surface area contributed by atoms with Crippen LogP contribution in [0.5, 0.6) is 0 Å². The van der Waals surface area contributed by atoms with Crippen LogP contribution in [-0.4, -0.2) is 22.4 Å². The van der Waals surface area contributed by atoms with Crippen LogP contribution in [0.25, 0.3) is 0 Å². The van der Waals surface area contributed by atoms with Crippen molar-refractivity contribution in [3.05, 3.63) is 12.2 Å². The molecule has 0 spiro atoms. The topological polar surface area (TPSA) is 40.5 Å². The van der Waals surface area contributed by atoms with Crippen molar-refractivity contribution in [2.24, 2.45) is 34.5 Å². The molecule has 0 heterocycles. The molecule has 4 aliphatic carbocycles. The van der Waals surface area contributed by atoms with Crippen molar-refractivity contribution in [3.8, 4) is 0 Å². The Kier molecular flexibility index (Phi) is 3.11. The van der Waals surface area contributed by atoms with Crippen LogP contribution in [0, 0.1) is 34.5 Å². The van der Waals surface area contributed by atoms with Crippen molar-refractivity contribution in [1.29, 1.82) is 0 Å². The minimum atomic E-state index is -0.221. The van der Waals surface area contributed by atoms with Gasteiger partial charge in [0.25, 0.3) is 0 Å². The van der Waals surface area contributed by atoms with E-state index in [2.05, 4.69) is 26.0 Å². The van der Waals surface area contributed by atoms with Crippen LogP contribution in [0.3, 0.4) is 0 Å². The van der Waals surface area contributed by atoms with Gasteiger partial charge in [-0.2, -0.15) is 0 Å². The molecule has 2 heteroatoms. The van der Waals surface area contributed by atoms with Gasteiger partial charge in [-0.25, -0.2) is 0 Å². The zero-order valence-corrected chi connectivity index (χ0v) is 13.5. The van der Waals surface area contributed by atoms with Crippen LogP contribution in [0.1, 0.15) is 58.8 Å². The van der Waals surface area contributed by atoms with E-state index in [4.69, 9.17) is 0 Å². The second kappa shape index (κ2) is 4.58. The van der Waals surface area contributed by atoms with Gasteiger partial charge in [0.2, 0.25) is 0 Å². The molecular formula is C19H30O2. The molecule has 0 saturated heterocycles. The van der Waals surface area contributed by atoms with Gasteiger partial charge in [-0.15, -0.1) is 0 Å². The van der Waals surface area contributed by atoms with Crippen LogP contribution in [0.4, 0.5) is 0 Å². The third-order valence-electron chi connectivity index (χ3n) is 8.12. The highest BCUT2D eigenvalue weighted by molar-refractivity contribution is 5.17. The standard InChI is InChI=1S/C19H30O2/c1-18-9-7-13(20)11-12(18)3-4-14-15-5-6-17(21)19(15,2)10-8-16(14)18/h7,9,12-17,20-21H,3-6,8,10-11H2,1-2H3/t12?,13-,14-,15-,16-,17-,18-,19-/m0/s1. The highest BCUT2D eigenvalue weighted by Gasteiger charge is 2.59. The maximum Gasteiger partial charge on any atom is 0.0724 e. The first-order chi connectivity index (χ1) is 9.95. The third kappa shape index (κ3) is 1.84. The maximum absolute atomic E-state index is 10.5. The number of hydrogen-bond donors (Lipinski definition) is 2. The number of rotatable bonds is 0. The fraction of sp³-hybridized carbons (Fsp3) is 0.895. The monoisotopic (exact) mass is 290 g/mol. The van der Waals surface area contributed by atoms with Gasteiger partial charge in [0.15, 0.2) is 0 Å².